The lowest BCUT2D eigenvalue weighted by Crippen LogP contribution is -2.27. The van der Waals surface area contributed by atoms with Crippen LogP contribution >= 0.6 is 11.3 Å². The molecule has 0 fully saturated rings. The van der Waals surface area contributed by atoms with E-state index in [2.05, 4.69) is 10.8 Å². The third kappa shape index (κ3) is 4.41. The standard InChI is InChI=1S/C25H26N2O3S2/c1-16-12-18(3)22(13-17(16)2)19(4)26-32(29,30)21-10-11-23-24(14-21)31-25(28)27(23)15-20-8-6-5-7-9-20/h5-14,19,26H,15H2,1-4H3. The lowest BCUT2D eigenvalue weighted by molar-refractivity contribution is 0.566. The fourth-order valence-electron chi connectivity index (χ4n) is 3.94. The van der Waals surface area contributed by atoms with Crippen molar-refractivity contribution >= 4 is 31.6 Å². The first-order valence-corrected chi connectivity index (χ1v) is 12.7. The molecule has 0 aliphatic heterocycles. The van der Waals surface area contributed by atoms with Crippen molar-refractivity contribution in [2.24, 2.45) is 0 Å². The first-order chi connectivity index (χ1) is 15.2. The molecular formula is C25H26N2O3S2. The molecule has 0 amide bonds. The molecule has 0 aliphatic carbocycles. The fraction of sp³-hybridized carbons (Fsp3) is 0.240. The fourth-order valence-corrected chi connectivity index (χ4v) is 6.20. The molecule has 7 heteroatoms. The van der Waals surface area contributed by atoms with Gasteiger partial charge in [-0.2, -0.15) is 0 Å². The highest BCUT2D eigenvalue weighted by Gasteiger charge is 2.21. The van der Waals surface area contributed by atoms with Crippen LogP contribution in [-0.4, -0.2) is 13.0 Å². The number of sulfonamides is 1. The third-order valence-corrected chi connectivity index (χ3v) is 8.29. The number of nitrogens with one attached hydrogen (secondary N) is 1. The van der Waals surface area contributed by atoms with Gasteiger partial charge in [-0.3, -0.25) is 9.36 Å². The van der Waals surface area contributed by atoms with Gasteiger partial charge in [-0.1, -0.05) is 53.8 Å². The minimum absolute atomic E-state index is 0.106. The molecule has 5 nitrogen and oxygen atoms in total. The van der Waals surface area contributed by atoms with Crippen LogP contribution in [0.2, 0.25) is 0 Å². The number of aromatic nitrogens is 1. The summed E-state index contributed by atoms with van der Waals surface area (Å²) in [5, 5.41) is 0. The number of fused-ring (bicyclic) bond motifs is 1. The maximum absolute atomic E-state index is 13.1. The van der Waals surface area contributed by atoms with E-state index >= 15 is 0 Å². The van der Waals surface area contributed by atoms with Crippen molar-refractivity contribution in [2.45, 2.75) is 45.2 Å². The summed E-state index contributed by atoms with van der Waals surface area (Å²) in [6.45, 7) is 8.36. The molecule has 3 aromatic carbocycles. The van der Waals surface area contributed by atoms with Gasteiger partial charge in [0.15, 0.2) is 0 Å². The molecule has 0 spiro atoms. The zero-order chi connectivity index (χ0) is 23.0. The van der Waals surface area contributed by atoms with Crippen LogP contribution in [-0.2, 0) is 16.6 Å². The van der Waals surface area contributed by atoms with E-state index < -0.39 is 10.0 Å². The van der Waals surface area contributed by atoms with Gasteiger partial charge in [-0.25, -0.2) is 13.1 Å². The third-order valence-electron chi connectivity index (χ3n) is 5.81. The van der Waals surface area contributed by atoms with Crippen molar-refractivity contribution in [1.82, 2.24) is 9.29 Å². The normalized spacial score (nSPS) is 12.9. The van der Waals surface area contributed by atoms with Crippen molar-refractivity contribution in [3.05, 3.63) is 98.1 Å². The largest absolute Gasteiger partial charge is 0.308 e. The zero-order valence-electron chi connectivity index (χ0n) is 18.5. The first-order valence-electron chi connectivity index (χ1n) is 10.4. The molecule has 1 unspecified atom stereocenters. The van der Waals surface area contributed by atoms with Crippen molar-refractivity contribution in [1.29, 1.82) is 0 Å². The Bertz CT molecular complexity index is 1450. The number of thiazole rings is 1. The summed E-state index contributed by atoms with van der Waals surface area (Å²) in [4.78, 5) is 12.6. The lowest BCUT2D eigenvalue weighted by Gasteiger charge is -2.18. The van der Waals surface area contributed by atoms with Gasteiger partial charge in [0.1, 0.15) is 0 Å². The van der Waals surface area contributed by atoms with Gasteiger partial charge in [0, 0.05) is 6.04 Å². The zero-order valence-corrected chi connectivity index (χ0v) is 20.2. The Morgan fingerprint density at radius 1 is 0.938 bits per heavy atom. The summed E-state index contributed by atoms with van der Waals surface area (Å²) in [6, 6.07) is 18.3. The smallest absolute Gasteiger partial charge is 0.294 e. The summed E-state index contributed by atoms with van der Waals surface area (Å²) < 4.78 is 31.4. The number of hydrogen-bond acceptors (Lipinski definition) is 4. The molecule has 1 N–H and O–H groups in total. The van der Waals surface area contributed by atoms with E-state index in [0.717, 1.165) is 39.1 Å². The van der Waals surface area contributed by atoms with Crippen molar-refractivity contribution in [3.8, 4) is 0 Å². The van der Waals surface area contributed by atoms with E-state index in [4.69, 9.17) is 0 Å². The minimum atomic E-state index is -3.76. The number of rotatable bonds is 6. The number of benzene rings is 3. The maximum atomic E-state index is 13.1. The van der Waals surface area contributed by atoms with Crippen molar-refractivity contribution in [3.63, 3.8) is 0 Å². The van der Waals surface area contributed by atoms with E-state index in [-0.39, 0.29) is 15.8 Å². The monoisotopic (exact) mass is 466 g/mol. The Kier molecular flexibility index (Phi) is 6.07. The summed E-state index contributed by atoms with van der Waals surface area (Å²) >= 11 is 1.06. The van der Waals surface area contributed by atoms with Gasteiger partial charge in [-0.05, 0) is 73.7 Å². The van der Waals surface area contributed by atoms with Crippen LogP contribution in [0.3, 0.4) is 0 Å². The summed E-state index contributed by atoms with van der Waals surface area (Å²) in [6.07, 6.45) is 0. The molecule has 0 aliphatic rings. The van der Waals surface area contributed by atoms with E-state index in [0.29, 0.717) is 11.2 Å². The van der Waals surface area contributed by atoms with Crippen LogP contribution in [0.1, 0.15) is 40.8 Å². The van der Waals surface area contributed by atoms with Gasteiger partial charge in [0.25, 0.3) is 0 Å². The predicted octanol–water partition coefficient (Wildman–Crippen LogP) is 5.08. The number of aryl methyl sites for hydroxylation is 3. The van der Waals surface area contributed by atoms with Gasteiger partial charge in [-0.15, -0.1) is 0 Å². The highest BCUT2D eigenvalue weighted by Crippen LogP contribution is 2.26. The number of nitrogens with zero attached hydrogens (tertiary/aromatic N) is 1. The van der Waals surface area contributed by atoms with Crippen LogP contribution in [0.5, 0.6) is 0 Å². The lowest BCUT2D eigenvalue weighted by atomic mass is 9.97. The second kappa shape index (κ2) is 8.65. The molecule has 1 atom stereocenters. The first kappa shape index (κ1) is 22.5. The molecule has 1 aromatic heterocycles. The van der Waals surface area contributed by atoms with E-state index in [1.54, 1.807) is 22.8 Å². The molecule has 4 aromatic rings. The van der Waals surface area contributed by atoms with E-state index in [9.17, 15) is 13.2 Å². The Balaban J connectivity index is 1.64. The molecule has 0 saturated heterocycles. The highest BCUT2D eigenvalue weighted by molar-refractivity contribution is 7.89. The molecule has 166 valence electrons. The topological polar surface area (TPSA) is 68.2 Å². The van der Waals surface area contributed by atoms with E-state index in [1.807, 2.05) is 64.1 Å². The quantitative estimate of drug-likeness (QED) is 0.431. The van der Waals surface area contributed by atoms with E-state index in [1.165, 1.54) is 5.56 Å². The average Bonchev–Trinajstić information content (AvgIpc) is 3.05. The average molecular weight is 467 g/mol. The van der Waals surface area contributed by atoms with Gasteiger partial charge in [0.2, 0.25) is 10.0 Å². The molecule has 32 heavy (non-hydrogen) atoms. The number of hydrogen-bond donors (Lipinski definition) is 1. The van der Waals surface area contributed by atoms with Gasteiger partial charge < -0.3 is 0 Å². The van der Waals surface area contributed by atoms with Crippen LogP contribution < -0.4 is 9.60 Å². The minimum Gasteiger partial charge on any atom is -0.294 e. The van der Waals surface area contributed by atoms with Crippen molar-refractivity contribution < 1.29 is 8.42 Å². The van der Waals surface area contributed by atoms with Gasteiger partial charge in [0.05, 0.1) is 21.7 Å². The van der Waals surface area contributed by atoms with Crippen LogP contribution in [0.25, 0.3) is 10.2 Å². The molecule has 0 saturated carbocycles. The SMILES string of the molecule is Cc1cc(C)c(C(C)NS(=O)(=O)c2ccc3c(c2)sc(=O)n3Cc2ccccc2)cc1C. The second-order valence-corrected chi connectivity index (χ2v) is 10.9. The maximum Gasteiger partial charge on any atom is 0.308 e. The molecular weight excluding hydrogens is 440 g/mol. The molecule has 0 radical (unpaired) electrons. The van der Waals surface area contributed by atoms with Crippen molar-refractivity contribution in [2.75, 3.05) is 0 Å². The predicted molar refractivity (Wildman–Crippen MR) is 131 cm³/mol. The summed E-state index contributed by atoms with van der Waals surface area (Å²) in [7, 11) is -3.76. The van der Waals surface area contributed by atoms with Crippen LogP contribution in [0.4, 0.5) is 0 Å². The Morgan fingerprint density at radius 3 is 2.34 bits per heavy atom. The van der Waals surface area contributed by atoms with Crippen LogP contribution in [0, 0.1) is 20.8 Å². The van der Waals surface area contributed by atoms with Crippen LogP contribution in [0.15, 0.2) is 70.4 Å². The molecule has 0 bridgehead atoms. The highest BCUT2D eigenvalue weighted by atomic mass is 32.2. The Labute approximate surface area is 192 Å². The Morgan fingerprint density at radius 2 is 1.62 bits per heavy atom. The molecule has 4 rings (SSSR count). The second-order valence-electron chi connectivity index (χ2n) is 8.21. The van der Waals surface area contributed by atoms with Gasteiger partial charge >= 0.3 is 4.87 Å². The summed E-state index contributed by atoms with van der Waals surface area (Å²) in [5.41, 5.74) is 6.07. The Hall–Kier alpha value is -2.74. The molecule has 1 heterocycles. The summed E-state index contributed by atoms with van der Waals surface area (Å²) in [5.74, 6) is 0.